The molecule has 286 valence electrons. The Hall–Kier alpha value is -5.86. The molecular weight excluding hydrogens is 688 g/mol. The Bertz CT molecular complexity index is 1520. The van der Waals surface area contributed by atoms with E-state index in [1.165, 1.54) is 55.6 Å². The number of carbonyl (C=O) groups is 6. The maximum atomic E-state index is 11.0. The monoisotopic (exact) mass is 732 g/mol. The van der Waals surface area contributed by atoms with Gasteiger partial charge in [0.2, 0.25) is 23.0 Å². The van der Waals surface area contributed by atoms with Gasteiger partial charge in [-0.2, -0.15) is 0 Å². The first-order chi connectivity index (χ1) is 22.4. The molecule has 0 unspecified atom stereocenters. The predicted molar refractivity (Wildman–Crippen MR) is 175 cm³/mol. The first-order valence-corrected chi connectivity index (χ1v) is 12.9. The largest absolute Gasteiger partial charge is 0.475 e. The van der Waals surface area contributed by atoms with Crippen molar-refractivity contribution in [3.05, 3.63) is 94.6 Å². The van der Waals surface area contributed by atoms with E-state index in [4.69, 9.17) is 44.6 Å². The number of rotatable bonds is 12. The van der Waals surface area contributed by atoms with E-state index in [0.717, 1.165) is 0 Å². The van der Waals surface area contributed by atoms with Crippen LogP contribution in [0.1, 0.15) is 109 Å². The van der Waals surface area contributed by atoms with Gasteiger partial charge < -0.3 is 63.6 Å². The van der Waals surface area contributed by atoms with Crippen LogP contribution in [0, 0.1) is 0 Å². The third kappa shape index (κ3) is 16.9. The molecule has 4 aromatic heterocycles. The summed E-state index contributed by atoms with van der Waals surface area (Å²) in [6.07, 6.45) is 0.902. The maximum absolute atomic E-state index is 11.0. The number of carboxylic acids is 3. The lowest BCUT2D eigenvalue weighted by atomic mass is 10.1. The highest BCUT2D eigenvalue weighted by Crippen LogP contribution is 2.19. The molecule has 51 heavy (non-hydrogen) atoms. The molecule has 0 amide bonds. The number of ether oxygens (including phenoxy) is 1. The highest BCUT2D eigenvalue weighted by atomic mass is 16.5. The second kappa shape index (κ2) is 27.0. The number of hydrogen-bond acceptors (Lipinski definition) is 15. The Kier molecular flexibility index (Phi) is 27.5. The zero-order chi connectivity index (χ0) is 35.5. The molecule has 4 rings (SSSR count). The lowest BCUT2D eigenvalue weighted by molar-refractivity contribution is 0.0557. The molecule has 9 N–H and O–H groups in total. The topological polar surface area (TPSA) is 337 Å². The highest BCUT2D eigenvalue weighted by Gasteiger charge is 2.18. The Morgan fingerprint density at radius 1 is 0.569 bits per heavy atom. The van der Waals surface area contributed by atoms with Crippen molar-refractivity contribution >= 4 is 36.4 Å². The van der Waals surface area contributed by atoms with Crippen LogP contribution in [0.2, 0.25) is 0 Å². The minimum Gasteiger partial charge on any atom is -0.475 e. The molecule has 0 atom stereocenters. The third-order valence-electron chi connectivity index (χ3n) is 5.44. The molecule has 4 heterocycles. The second-order valence-electron chi connectivity index (χ2n) is 8.57. The SMILES string of the molecule is C.C.C.COC(=O)c1ccc(C(CO)CO)o1.O.O=C(O)c1ccc(C(CO)CO)o1.O=Cc1ccc(C(=O)O)o1.O=Cc1ccc(C(=O)O)o1. The molecule has 0 radical (unpaired) electrons. The Morgan fingerprint density at radius 3 is 1.10 bits per heavy atom. The highest BCUT2D eigenvalue weighted by molar-refractivity contribution is 5.87. The van der Waals surface area contributed by atoms with Gasteiger partial charge in [0.1, 0.15) is 11.5 Å². The number of carbonyl (C=O) groups excluding carboxylic acids is 3. The van der Waals surface area contributed by atoms with Gasteiger partial charge in [0, 0.05) is 0 Å². The van der Waals surface area contributed by atoms with Crippen LogP contribution < -0.4 is 0 Å². The van der Waals surface area contributed by atoms with Gasteiger partial charge in [0.25, 0.3) is 0 Å². The van der Waals surface area contributed by atoms with E-state index < -0.39 is 35.7 Å². The first-order valence-electron chi connectivity index (χ1n) is 12.9. The van der Waals surface area contributed by atoms with Crippen LogP contribution >= 0.6 is 0 Å². The Morgan fingerprint density at radius 2 is 0.863 bits per heavy atom. The van der Waals surface area contributed by atoms with Gasteiger partial charge in [-0.1, -0.05) is 22.3 Å². The van der Waals surface area contributed by atoms with Gasteiger partial charge in [0.05, 0.1) is 45.4 Å². The van der Waals surface area contributed by atoms with E-state index in [1.54, 1.807) is 0 Å². The Balaban J connectivity index is -0.000000284. The minimum absolute atomic E-state index is 0. The number of carboxylic acid groups (broad SMARTS) is 3. The summed E-state index contributed by atoms with van der Waals surface area (Å²) in [7, 11) is 1.25. The van der Waals surface area contributed by atoms with E-state index in [9.17, 15) is 28.8 Å². The van der Waals surface area contributed by atoms with Crippen molar-refractivity contribution in [2.45, 2.75) is 34.1 Å². The molecular formula is C32H44O19. The van der Waals surface area contributed by atoms with Crippen molar-refractivity contribution in [3.63, 3.8) is 0 Å². The predicted octanol–water partition coefficient (Wildman–Crippen LogP) is 2.84. The maximum Gasteiger partial charge on any atom is 0.373 e. The second-order valence-corrected chi connectivity index (χ2v) is 8.57. The normalized spacial score (nSPS) is 9.24. The van der Waals surface area contributed by atoms with Gasteiger partial charge in [-0.05, 0) is 48.5 Å². The number of aromatic carboxylic acids is 3. The molecule has 19 nitrogen and oxygen atoms in total. The van der Waals surface area contributed by atoms with Crippen LogP contribution in [0.5, 0.6) is 0 Å². The lowest BCUT2D eigenvalue weighted by Crippen LogP contribution is -2.07. The van der Waals surface area contributed by atoms with Crippen molar-refractivity contribution in [1.82, 2.24) is 0 Å². The quantitative estimate of drug-likeness (QED) is 0.0812. The Labute approximate surface area is 291 Å². The van der Waals surface area contributed by atoms with Gasteiger partial charge in [-0.15, -0.1) is 0 Å². The summed E-state index contributed by atoms with van der Waals surface area (Å²) in [6.45, 7) is -1.01. The molecule has 0 aliphatic carbocycles. The van der Waals surface area contributed by atoms with E-state index in [0.29, 0.717) is 18.3 Å². The van der Waals surface area contributed by atoms with Gasteiger partial charge in [0.15, 0.2) is 24.1 Å². The number of furan rings is 4. The van der Waals surface area contributed by atoms with Gasteiger partial charge >= 0.3 is 23.9 Å². The van der Waals surface area contributed by atoms with Gasteiger partial charge in [-0.3, -0.25) is 9.59 Å². The zero-order valence-corrected chi connectivity index (χ0v) is 24.9. The number of aldehydes is 2. The zero-order valence-electron chi connectivity index (χ0n) is 24.9. The van der Waals surface area contributed by atoms with Crippen LogP contribution in [0.3, 0.4) is 0 Å². The molecule has 0 saturated carbocycles. The summed E-state index contributed by atoms with van der Waals surface area (Å²) in [6, 6.07) is 10.8. The summed E-state index contributed by atoms with van der Waals surface area (Å²) in [5.74, 6) is -5.00. The average Bonchev–Trinajstić information content (AvgIpc) is 3.89. The van der Waals surface area contributed by atoms with Crippen LogP contribution in [0.25, 0.3) is 0 Å². The number of esters is 1. The molecule has 0 aliphatic rings. The molecule has 4 aromatic rings. The fourth-order valence-corrected chi connectivity index (χ4v) is 3.01. The van der Waals surface area contributed by atoms with Crippen LogP contribution in [-0.2, 0) is 4.74 Å². The summed E-state index contributed by atoms with van der Waals surface area (Å²) < 4.78 is 23.4. The standard InChI is InChI=1S/C9H12O5.C8H10O5.2C6H4O4.3CH4.H2O/c1-13-9(12)8-3-2-7(14-8)6(4-10)5-11;9-3-5(4-10)6-1-2-7(13-6)8(11)12;2*7-3-4-1-2-5(10-4)6(8)9;;;;/h2-3,6,10-11H,4-5H2,1H3;1-2,5,9-10H,3-4H2,(H,11,12);2*1-3H,(H,8,9);3*1H4;1H2. The number of methoxy groups -OCH3 is 1. The van der Waals surface area contributed by atoms with E-state index >= 15 is 0 Å². The van der Waals surface area contributed by atoms with E-state index in [1.807, 2.05) is 0 Å². The third-order valence-corrected chi connectivity index (χ3v) is 5.44. The van der Waals surface area contributed by atoms with Crippen LogP contribution in [0.4, 0.5) is 0 Å². The molecule has 0 aliphatic heterocycles. The molecule has 0 spiro atoms. The smallest absolute Gasteiger partial charge is 0.373 e. The summed E-state index contributed by atoms with van der Waals surface area (Å²) in [4.78, 5) is 61.5. The van der Waals surface area contributed by atoms with Crippen LogP contribution in [-0.4, -0.2) is 111 Å². The number of aliphatic hydroxyl groups excluding tert-OH is 4. The van der Waals surface area contributed by atoms with Crippen molar-refractivity contribution in [2.24, 2.45) is 0 Å². The van der Waals surface area contributed by atoms with Crippen molar-refractivity contribution in [2.75, 3.05) is 33.5 Å². The number of hydrogen-bond donors (Lipinski definition) is 7. The fourth-order valence-electron chi connectivity index (χ4n) is 3.01. The minimum atomic E-state index is -1.17. The molecule has 0 fully saturated rings. The lowest BCUT2D eigenvalue weighted by Gasteiger charge is -2.05. The average molecular weight is 733 g/mol. The fraction of sp³-hybridized carbons (Fsp3) is 0.312. The van der Waals surface area contributed by atoms with Crippen molar-refractivity contribution in [3.8, 4) is 0 Å². The molecule has 19 heteroatoms. The first kappa shape index (κ1) is 52.0. The summed E-state index contributed by atoms with van der Waals surface area (Å²) in [5.41, 5.74) is 0. The van der Waals surface area contributed by atoms with Crippen molar-refractivity contribution in [1.29, 1.82) is 0 Å². The summed E-state index contributed by atoms with van der Waals surface area (Å²) >= 11 is 0. The molecule has 0 bridgehead atoms. The number of aliphatic hydroxyl groups is 4. The van der Waals surface area contributed by atoms with Crippen molar-refractivity contribution < 1.29 is 92.4 Å². The van der Waals surface area contributed by atoms with Crippen LogP contribution in [0.15, 0.2) is 66.2 Å². The van der Waals surface area contributed by atoms with Gasteiger partial charge in [-0.25, -0.2) is 19.2 Å². The van der Waals surface area contributed by atoms with E-state index in [2.05, 4.69) is 13.6 Å². The van der Waals surface area contributed by atoms with E-state index in [-0.39, 0.29) is 94.5 Å². The summed E-state index contributed by atoms with van der Waals surface area (Å²) in [5, 5.41) is 60.3. The molecule has 0 aromatic carbocycles. The molecule has 0 saturated heterocycles.